The maximum absolute atomic E-state index is 6.45. The summed E-state index contributed by atoms with van der Waals surface area (Å²) in [4.78, 5) is 11.6. The minimum absolute atomic E-state index is 0.582. The average Bonchev–Trinajstić information content (AvgIpc) is 2.91. The molecule has 3 aromatic rings. The van der Waals surface area contributed by atoms with Crippen molar-refractivity contribution in [3.8, 4) is 11.3 Å². The summed E-state index contributed by atoms with van der Waals surface area (Å²) in [7, 11) is 1.91. The number of fused-ring (bicyclic) bond motifs is 1. The van der Waals surface area contributed by atoms with E-state index in [1.54, 1.807) is 6.07 Å². The summed E-state index contributed by atoms with van der Waals surface area (Å²) >= 11 is 12.5. The zero-order valence-electron chi connectivity index (χ0n) is 15.6. The standard InChI is InChI=1S/C19H23Cl2N5/c1-5-7-10-26(6-2)19-17-16(22-12(3)23-19)18(25(4)24-17)14-9-8-13(20)11-15(14)21/h8-9,11H,5-7,10H2,1-4H3. The largest absolute Gasteiger partial charge is 0.355 e. The van der Waals surface area contributed by atoms with E-state index in [-0.39, 0.29) is 0 Å². The van der Waals surface area contributed by atoms with Gasteiger partial charge in [0.1, 0.15) is 11.3 Å². The highest BCUT2D eigenvalue weighted by atomic mass is 35.5. The first kappa shape index (κ1) is 18.9. The lowest BCUT2D eigenvalue weighted by Gasteiger charge is -2.22. The minimum atomic E-state index is 0.582. The summed E-state index contributed by atoms with van der Waals surface area (Å²) in [6, 6.07) is 5.48. The van der Waals surface area contributed by atoms with Crippen LogP contribution >= 0.6 is 23.2 Å². The van der Waals surface area contributed by atoms with Crippen molar-refractivity contribution in [2.24, 2.45) is 7.05 Å². The van der Waals surface area contributed by atoms with Gasteiger partial charge in [-0.05, 0) is 38.5 Å². The number of benzene rings is 1. The van der Waals surface area contributed by atoms with Gasteiger partial charge in [0.05, 0.1) is 10.7 Å². The van der Waals surface area contributed by atoms with Crippen LogP contribution in [0.5, 0.6) is 0 Å². The van der Waals surface area contributed by atoms with Crippen LogP contribution in [0.3, 0.4) is 0 Å². The molecule has 0 aliphatic carbocycles. The van der Waals surface area contributed by atoms with E-state index in [1.807, 2.05) is 30.8 Å². The Morgan fingerprint density at radius 3 is 2.54 bits per heavy atom. The predicted molar refractivity (Wildman–Crippen MR) is 109 cm³/mol. The fraction of sp³-hybridized carbons (Fsp3) is 0.421. The van der Waals surface area contributed by atoms with Crippen molar-refractivity contribution in [2.45, 2.75) is 33.6 Å². The van der Waals surface area contributed by atoms with Gasteiger partial charge in [-0.25, -0.2) is 9.97 Å². The van der Waals surface area contributed by atoms with Crippen molar-refractivity contribution in [1.29, 1.82) is 0 Å². The molecule has 0 fully saturated rings. The number of aromatic nitrogens is 4. The van der Waals surface area contributed by atoms with Gasteiger partial charge in [0.2, 0.25) is 0 Å². The number of anilines is 1. The first-order valence-corrected chi connectivity index (χ1v) is 9.63. The molecule has 0 radical (unpaired) electrons. The fourth-order valence-corrected chi connectivity index (χ4v) is 3.63. The predicted octanol–water partition coefficient (Wildman–Crippen LogP) is 5.27. The molecule has 1 aromatic carbocycles. The Labute approximate surface area is 164 Å². The van der Waals surface area contributed by atoms with Crippen molar-refractivity contribution in [1.82, 2.24) is 19.7 Å². The molecule has 0 N–H and O–H groups in total. The molecule has 5 nitrogen and oxygen atoms in total. The third-order valence-electron chi connectivity index (χ3n) is 4.42. The van der Waals surface area contributed by atoms with Gasteiger partial charge in [-0.1, -0.05) is 36.5 Å². The second kappa shape index (κ2) is 7.80. The van der Waals surface area contributed by atoms with E-state index in [4.69, 9.17) is 33.3 Å². The molecule has 0 saturated carbocycles. The van der Waals surface area contributed by atoms with E-state index < -0.39 is 0 Å². The third kappa shape index (κ3) is 3.51. The van der Waals surface area contributed by atoms with Crippen LogP contribution in [0, 0.1) is 6.92 Å². The van der Waals surface area contributed by atoms with Crippen LogP contribution in [-0.2, 0) is 7.05 Å². The lowest BCUT2D eigenvalue weighted by atomic mass is 10.1. The Morgan fingerprint density at radius 1 is 1.12 bits per heavy atom. The van der Waals surface area contributed by atoms with Crippen LogP contribution in [-0.4, -0.2) is 32.8 Å². The molecule has 138 valence electrons. The fourth-order valence-electron chi connectivity index (χ4n) is 3.13. The summed E-state index contributed by atoms with van der Waals surface area (Å²) < 4.78 is 1.82. The number of nitrogens with zero attached hydrogens (tertiary/aromatic N) is 5. The minimum Gasteiger partial charge on any atom is -0.355 e. The SMILES string of the molecule is CCCCN(CC)c1nc(C)nc2c(-c3ccc(Cl)cc3Cl)n(C)nc12. The maximum Gasteiger partial charge on any atom is 0.160 e. The van der Waals surface area contributed by atoms with Gasteiger partial charge in [-0.3, -0.25) is 4.68 Å². The summed E-state index contributed by atoms with van der Waals surface area (Å²) in [5, 5.41) is 5.92. The number of unbranched alkanes of at least 4 members (excludes halogenated alkanes) is 1. The molecule has 0 amide bonds. The number of aryl methyl sites for hydroxylation is 2. The molecule has 0 bridgehead atoms. The van der Waals surface area contributed by atoms with Gasteiger partial charge in [0.15, 0.2) is 11.3 Å². The molecule has 0 saturated heterocycles. The van der Waals surface area contributed by atoms with E-state index in [1.165, 1.54) is 0 Å². The highest BCUT2D eigenvalue weighted by molar-refractivity contribution is 6.36. The molecular weight excluding hydrogens is 369 g/mol. The van der Waals surface area contributed by atoms with Crippen LogP contribution < -0.4 is 4.90 Å². The Hall–Kier alpha value is -1.85. The molecule has 0 aliphatic heterocycles. The zero-order valence-corrected chi connectivity index (χ0v) is 17.1. The molecule has 0 unspecified atom stereocenters. The second-order valence-corrected chi connectivity index (χ2v) is 7.16. The molecule has 26 heavy (non-hydrogen) atoms. The van der Waals surface area contributed by atoms with E-state index in [0.717, 1.165) is 59.9 Å². The van der Waals surface area contributed by atoms with Gasteiger partial charge < -0.3 is 4.90 Å². The van der Waals surface area contributed by atoms with E-state index in [0.29, 0.717) is 10.0 Å². The smallest absolute Gasteiger partial charge is 0.160 e. The second-order valence-electron chi connectivity index (χ2n) is 6.32. The van der Waals surface area contributed by atoms with Crippen LogP contribution in [0.4, 0.5) is 5.82 Å². The van der Waals surface area contributed by atoms with Gasteiger partial charge in [0, 0.05) is 30.7 Å². The first-order valence-electron chi connectivity index (χ1n) is 8.88. The van der Waals surface area contributed by atoms with Crippen molar-refractivity contribution >= 4 is 40.1 Å². The van der Waals surface area contributed by atoms with E-state index >= 15 is 0 Å². The normalized spacial score (nSPS) is 11.3. The highest BCUT2D eigenvalue weighted by Gasteiger charge is 2.21. The molecule has 7 heteroatoms. The van der Waals surface area contributed by atoms with Crippen molar-refractivity contribution < 1.29 is 0 Å². The third-order valence-corrected chi connectivity index (χ3v) is 4.97. The monoisotopic (exact) mass is 391 g/mol. The van der Waals surface area contributed by atoms with E-state index in [2.05, 4.69) is 23.7 Å². The van der Waals surface area contributed by atoms with Crippen molar-refractivity contribution in [3.63, 3.8) is 0 Å². The molecular formula is C19H23Cl2N5. The number of hydrogen-bond acceptors (Lipinski definition) is 4. The van der Waals surface area contributed by atoms with Crippen molar-refractivity contribution in [3.05, 3.63) is 34.1 Å². The Balaban J connectivity index is 2.23. The molecule has 2 heterocycles. The van der Waals surface area contributed by atoms with Crippen LogP contribution in [0.1, 0.15) is 32.5 Å². The van der Waals surface area contributed by atoms with Gasteiger partial charge in [0.25, 0.3) is 0 Å². The van der Waals surface area contributed by atoms with Crippen LogP contribution in [0.25, 0.3) is 22.3 Å². The van der Waals surface area contributed by atoms with Gasteiger partial charge in [-0.15, -0.1) is 0 Å². The molecule has 3 rings (SSSR count). The molecule has 2 aromatic heterocycles. The van der Waals surface area contributed by atoms with Crippen molar-refractivity contribution in [2.75, 3.05) is 18.0 Å². The van der Waals surface area contributed by atoms with Crippen LogP contribution in [0.2, 0.25) is 10.0 Å². The summed E-state index contributed by atoms with van der Waals surface area (Å²) in [5.74, 6) is 1.61. The molecule has 0 atom stereocenters. The molecule has 0 aliphatic rings. The van der Waals surface area contributed by atoms with Crippen LogP contribution in [0.15, 0.2) is 18.2 Å². The number of halogens is 2. The first-order chi connectivity index (χ1) is 12.5. The number of rotatable bonds is 6. The lowest BCUT2D eigenvalue weighted by Crippen LogP contribution is -2.25. The summed E-state index contributed by atoms with van der Waals surface area (Å²) in [5.41, 5.74) is 3.35. The zero-order chi connectivity index (χ0) is 18.8. The molecule has 0 spiro atoms. The Kier molecular flexibility index (Phi) is 5.68. The topological polar surface area (TPSA) is 46.8 Å². The maximum atomic E-state index is 6.45. The van der Waals surface area contributed by atoms with Gasteiger partial charge in [-0.2, -0.15) is 5.10 Å². The average molecular weight is 392 g/mol. The van der Waals surface area contributed by atoms with E-state index in [9.17, 15) is 0 Å². The Morgan fingerprint density at radius 2 is 1.88 bits per heavy atom. The summed E-state index contributed by atoms with van der Waals surface area (Å²) in [6.45, 7) is 8.07. The Bertz CT molecular complexity index is 935. The van der Waals surface area contributed by atoms with Gasteiger partial charge >= 0.3 is 0 Å². The highest BCUT2D eigenvalue weighted by Crippen LogP contribution is 2.36. The number of hydrogen-bond donors (Lipinski definition) is 0. The summed E-state index contributed by atoms with van der Waals surface area (Å²) in [6.07, 6.45) is 2.25. The lowest BCUT2D eigenvalue weighted by molar-refractivity contribution is 0.721. The quantitative estimate of drug-likeness (QED) is 0.573.